The first-order valence-electron chi connectivity index (χ1n) is 10.5. The Bertz CT molecular complexity index is 994. The molecule has 1 aliphatic carbocycles. The number of anilines is 1. The number of amides is 3. The number of aliphatic imine (C=N–C) groups is 1. The molecule has 10 heteroatoms. The molecule has 0 spiro atoms. The summed E-state index contributed by atoms with van der Waals surface area (Å²) >= 11 is 0. The minimum absolute atomic E-state index is 0.0629. The van der Waals surface area contributed by atoms with Crippen molar-refractivity contribution in [3.05, 3.63) is 47.5 Å². The Morgan fingerprint density at radius 1 is 1.13 bits per heavy atom. The summed E-state index contributed by atoms with van der Waals surface area (Å²) in [6.45, 7) is 2.33. The molecule has 4 heterocycles. The lowest BCUT2D eigenvalue weighted by molar-refractivity contribution is 0.139. The van der Waals surface area contributed by atoms with E-state index in [1.165, 1.54) is 17.4 Å². The fourth-order valence-electron chi connectivity index (χ4n) is 4.20. The van der Waals surface area contributed by atoms with Gasteiger partial charge in [0.05, 0.1) is 13.1 Å². The molecular weight excluding hydrogens is 400 g/mol. The van der Waals surface area contributed by atoms with Crippen LogP contribution in [0.25, 0.3) is 0 Å². The van der Waals surface area contributed by atoms with Crippen LogP contribution in [-0.2, 0) is 4.74 Å². The van der Waals surface area contributed by atoms with Crippen LogP contribution >= 0.6 is 0 Å². The molecule has 1 aromatic heterocycles. The number of ether oxygens (including phenoxy) is 1. The molecule has 5 rings (SSSR count). The Morgan fingerprint density at radius 2 is 2.03 bits per heavy atom. The second-order valence-electron chi connectivity index (χ2n) is 7.82. The highest BCUT2D eigenvalue weighted by molar-refractivity contribution is 5.99. The highest BCUT2D eigenvalue weighted by Gasteiger charge is 2.34. The Labute approximate surface area is 179 Å². The van der Waals surface area contributed by atoms with Crippen LogP contribution < -0.4 is 10.6 Å². The van der Waals surface area contributed by atoms with E-state index in [1.807, 2.05) is 12.3 Å². The summed E-state index contributed by atoms with van der Waals surface area (Å²) < 4.78 is 10.3. The molecule has 2 saturated heterocycles. The van der Waals surface area contributed by atoms with Gasteiger partial charge in [0.2, 0.25) is 0 Å². The number of allylic oxidation sites excluding steroid dienone is 5. The summed E-state index contributed by atoms with van der Waals surface area (Å²) in [4.78, 5) is 32.1. The number of carbonyl (C=O) groups is 2. The third-order valence-electron chi connectivity index (χ3n) is 5.87. The maximum atomic E-state index is 12.3. The third-order valence-corrected chi connectivity index (χ3v) is 5.87. The number of aromatic nitrogens is 1. The molecule has 0 radical (unpaired) electrons. The van der Waals surface area contributed by atoms with Crippen molar-refractivity contribution in [3.63, 3.8) is 0 Å². The van der Waals surface area contributed by atoms with Crippen molar-refractivity contribution in [1.29, 1.82) is 0 Å². The van der Waals surface area contributed by atoms with E-state index in [0.29, 0.717) is 32.0 Å². The van der Waals surface area contributed by atoms with E-state index in [2.05, 4.69) is 26.9 Å². The molecule has 4 aliphatic rings. The molecule has 10 nitrogen and oxygen atoms in total. The fraction of sp³-hybridized carbons (Fsp3) is 0.429. The number of carbonyl (C=O) groups excluding carboxylic acids is 2. The van der Waals surface area contributed by atoms with Crippen LogP contribution in [-0.4, -0.2) is 65.2 Å². The quantitative estimate of drug-likeness (QED) is 0.751. The molecule has 31 heavy (non-hydrogen) atoms. The maximum Gasteiger partial charge on any atom is 0.414 e. The first-order chi connectivity index (χ1) is 15.2. The van der Waals surface area contributed by atoms with Gasteiger partial charge in [-0.1, -0.05) is 11.2 Å². The van der Waals surface area contributed by atoms with Crippen LogP contribution in [0.3, 0.4) is 0 Å². The highest BCUT2D eigenvalue weighted by Crippen LogP contribution is 2.32. The van der Waals surface area contributed by atoms with Crippen molar-refractivity contribution in [1.82, 2.24) is 20.3 Å². The molecule has 0 bridgehead atoms. The van der Waals surface area contributed by atoms with E-state index in [1.54, 1.807) is 15.9 Å². The van der Waals surface area contributed by atoms with Crippen LogP contribution in [0.4, 0.5) is 15.4 Å². The lowest BCUT2D eigenvalue weighted by Gasteiger charge is -2.24. The number of nitrogens with one attached hydrogen (secondary N) is 2. The number of amidine groups is 1. The Morgan fingerprint density at radius 3 is 2.71 bits per heavy atom. The molecule has 1 aromatic rings. The summed E-state index contributed by atoms with van der Waals surface area (Å²) in [5, 5.41) is 9.70. The van der Waals surface area contributed by atoms with Gasteiger partial charge in [-0.2, -0.15) is 0 Å². The van der Waals surface area contributed by atoms with E-state index < -0.39 is 0 Å². The fourth-order valence-corrected chi connectivity index (χ4v) is 4.20. The van der Waals surface area contributed by atoms with Crippen LogP contribution in [0.15, 0.2) is 57.0 Å². The van der Waals surface area contributed by atoms with E-state index in [-0.39, 0.29) is 18.2 Å². The van der Waals surface area contributed by atoms with Gasteiger partial charge in [-0.25, -0.2) is 14.6 Å². The molecular formula is C21H24N6O4. The van der Waals surface area contributed by atoms with E-state index in [0.717, 1.165) is 37.2 Å². The minimum Gasteiger partial charge on any atom is -0.442 e. The zero-order valence-corrected chi connectivity index (χ0v) is 17.0. The van der Waals surface area contributed by atoms with Gasteiger partial charge in [0.1, 0.15) is 18.2 Å². The van der Waals surface area contributed by atoms with Gasteiger partial charge in [0.15, 0.2) is 5.82 Å². The lowest BCUT2D eigenvalue weighted by Crippen LogP contribution is -2.34. The summed E-state index contributed by atoms with van der Waals surface area (Å²) in [5.74, 6) is 1.45. The molecule has 3 amide bonds. The number of hydrogen-bond donors (Lipinski definition) is 2. The highest BCUT2D eigenvalue weighted by atomic mass is 16.6. The minimum atomic E-state index is -0.315. The zero-order valence-electron chi connectivity index (χ0n) is 17.0. The SMILES string of the molecule is O=C1NCCN1C1=NC=C(C2=CC=C(N3CC(CNc4ccon4)OC3=O)CC2)CC1. The summed E-state index contributed by atoms with van der Waals surface area (Å²) in [6.07, 6.45) is 10.1. The number of nitrogens with zero attached hydrogens (tertiary/aromatic N) is 4. The van der Waals surface area contributed by atoms with Gasteiger partial charge in [0.25, 0.3) is 0 Å². The summed E-state index contributed by atoms with van der Waals surface area (Å²) in [7, 11) is 0. The van der Waals surface area contributed by atoms with Crippen LogP contribution in [0.5, 0.6) is 0 Å². The molecule has 0 aromatic carbocycles. The average molecular weight is 424 g/mol. The molecule has 3 aliphatic heterocycles. The van der Waals surface area contributed by atoms with Gasteiger partial charge < -0.3 is 19.9 Å². The Hall–Kier alpha value is -3.56. The van der Waals surface area contributed by atoms with E-state index >= 15 is 0 Å². The molecule has 1 unspecified atom stereocenters. The molecule has 0 saturated carbocycles. The third kappa shape index (κ3) is 4.05. The van der Waals surface area contributed by atoms with Crippen LogP contribution in [0, 0.1) is 0 Å². The van der Waals surface area contributed by atoms with Gasteiger partial charge in [-0.05, 0) is 36.5 Å². The summed E-state index contributed by atoms with van der Waals surface area (Å²) in [6, 6.07) is 1.66. The van der Waals surface area contributed by atoms with Crippen LogP contribution in [0.1, 0.15) is 25.7 Å². The standard InChI is InChI=1S/C21H24N6O4/c28-20-22-8-9-26(20)19-6-3-15(11-24-19)14-1-4-16(5-2-14)27-13-17(31-21(27)29)12-23-18-7-10-30-25-18/h1,4,7,10-11,17H,2-3,5-6,8-9,12-13H2,(H,22,28)(H,23,25). The summed E-state index contributed by atoms with van der Waals surface area (Å²) in [5.41, 5.74) is 3.39. The number of rotatable bonds is 5. The molecule has 1 atom stereocenters. The first kappa shape index (κ1) is 19.4. The van der Waals surface area contributed by atoms with E-state index in [4.69, 9.17) is 9.26 Å². The number of urea groups is 1. The normalized spacial score (nSPS) is 23.7. The van der Waals surface area contributed by atoms with Gasteiger partial charge in [-0.15, -0.1) is 0 Å². The van der Waals surface area contributed by atoms with Crippen molar-refractivity contribution < 1.29 is 18.8 Å². The monoisotopic (exact) mass is 424 g/mol. The zero-order chi connectivity index (χ0) is 21.2. The molecule has 162 valence electrons. The van der Waals surface area contributed by atoms with Gasteiger partial charge in [-0.3, -0.25) is 9.80 Å². The van der Waals surface area contributed by atoms with Crippen molar-refractivity contribution >= 4 is 23.8 Å². The largest absolute Gasteiger partial charge is 0.442 e. The first-order valence-corrected chi connectivity index (χ1v) is 10.5. The van der Waals surface area contributed by atoms with Gasteiger partial charge >= 0.3 is 12.1 Å². The van der Waals surface area contributed by atoms with Crippen molar-refractivity contribution in [3.8, 4) is 0 Å². The smallest absolute Gasteiger partial charge is 0.414 e. The van der Waals surface area contributed by atoms with Crippen LogP contribution in [0.2, 0.25) is 0 Å². The van der Waals surface area contributed by atoms with Crippen molar-refractivity contribution in [2.45, 2.75) is 31.8 Å². The van der Waals surface area contributed by atoms with Crippen molar-refractivity contribution in [2.75, 3.05) is 31.5 Å². The van der Waals surface area contributed by atoms with Crippen molar-refractivity contribution in [2.24, 2.45) is 4.99 Å². The number of hydrogen-bond acceptors (Lipinski definition) is 7. The Kier molecular flexibility index (Phi) is 5.19. The maximum absolute atomic E-state index is 12.3. The Balaban J connectivity index is 1.20. The number of cyclic esters (lactones) is 1. The second kappa shape index (κ2) is 8.29. The van der Waals surface area contributed by atoms with E-state index in [9.17, 15) is 9.59 Å². The predicted molar refractivity (Wildman–Crippen MR) is 112 cm³/mol. The second-order valence-corrected chi connectivity index (χ2v) is 7.82. The molecule has 2 N–H and O–H groups in total. The molecule has 2 fully saturated rings. The predicted octanol–water partition coefficient (Wildman–Crippen LogP) is 2.61. The van der Waals surface area contributed by atoms with Gasteiger partial charge in [0, 0.05) is 37.5 Å². The lowest BCUT2D eigenvalue weighted by atomic mass is 9.92. The topological polar surface area (TPSA) is 112 Å². The average Bonchev–Trinajstić information content (AvgIpc) is 3.54.